The summed E-state index contributed by atoms with van der Waals surface area (Å²) in [5.41, 5.74) is 0. The van der Waals surface area contributed by atoms with Crippen molar-refractivity contribution in [2.24, 2.45) is 0 Å². The highest BCUT2D eigenvalue weighted by Crippen LogP contribution is 2.36. The van der Waals surface area contributed by atoms with Crippen LogP contribution < -0.4 is 0 Å². The average molecular weight is 174 g/mol. The molecule has 0 amide bonds. The SMILES string of the molecule is O=C(O)SSSS. The second-order valence-corrected chi connectivity index (χ2v) is 5.21. The summed E-state index contributed by atoms with van der Waals surface area (Å²) in [6.45, 7) is 0. The molecule has 6 heteroatoms. The summed E-state index contributed by atoms with van der Waals surface area (Å²) in [6, 6.07) is 0. The average Bonchev–Trinajstić information content (AvgIpc) is 1.61. The molecule has 1 N–H and O–H groups in total. The van der Waals surface area contributed by atoms with Gasteiger partial charge in [-0.2, -0.15) is 0 Å². The van der Waals surface area contributed by atoms with E-state index < -0.39 is 5.30 Å². The number of rotatable bonds is 2. The molecule has 0 radical (unpaired) electrons. The lowest BCUT2D eigenvalue weighted by Crippen LogP contribution is -1.73. The lowest BCUT2D eigenvalue weighted by molar-refractivity contribution is 0.222. The van der Waals surface area contributed by atoms with Crippen LogP contribution in [0.1, 0.15) is 0 Å². The van der Waals surface area contributed by atoms with Crippen molar-refractivity contribution in [3.63, 3.8) is 0 Å². The van der Waals surface area contributed by atoms with Gasteiger partial charge in [0.1, 0.15) is 0 Å². The van der Waals surface area contributed by atoms with Gasteiger partial charge in [0.05, 0.1) is 0 Å². The fraction of sp³-hybridized carbons (Fsp3) is 0. The Morgan fingerprint density at radius 1 is 1.71 bits per heavy atom. The van der Waals surface area contributed by atoms with E-state index in [1.807, 2.05) is 0 Å². The van der Waals surface area contributed by atoms with Gasteiger partial charge in [0.2, 0.25) is 0 Å². The summed E-state index contributed by atoms with van der Waals surface area (Å²) < 4.78 is 0. The summed E-state index contributed by atoms with van der Waals surface area (Å²) >= 11 is 3.69. The third kappa shape index (κ3) is 6.87. The van der Waals surface area contributed by atoms with Crippen LogP contribution in [0.15, 0.2) is 0 Å². The van der Waals surface area contributed by atoms with Crippen LogP contribution in [0.5, 0.6) is 0 Å². The fourth-order valence-corrected chi connectivity index (χ4v) is 2.02. The first-order chi connectivity index (χ1) is 3.27. The third-order valence-electron chi connectivity index (χ3n) is 0.136. The maximum atomic E-state index is 9.65. The Kier molecular flexibility index (Phi) is 5.64. The van der Waals surface area contributed by atoms with Crippen molar-refractivity contribution >= 4 is 47.4 Å². The minimum absolute atomic E-state index is 0.751. The van der Waals surface area contributed by atoms with E-state index in [4.69, 9.17) is 5.11 Å². The Labute approximate surface area is 57.4 Å². The van der Waals surface area contributed by atoms with Crippen molar-refractivity contribution in [3.05, 3.63) is 0 Å². The van der Waals surface area contributed by atoms with E-state index in [-0.39, 0.29) is 0 Å². The van der Waals surface area contributed by atoms with Crippen molar-refractivity contribution in [1.29, 1.82) is 0 Å². The van der Waals surface area contributed by atoms with E-state index in [0.717, 1.165) is 30.4 Å². The van der Waals surface area contributed by atoms with Gasteiger partial charge in [-0.15, -0.1) is 0 Å². The Morgan fingerprint density at radius 3 is 2.43 bits per heavy atom. The highest BCUT2D eigenvalue weighted by Gasteiger charge is 1.94. The second-order valence-electron chi connectivity index (χ2n) is 0.492. The topological polar surface area (TPSA) is 37.3 Å². The molecule has 0 aliphatic carbocycles. The molecule has 0 heterocycles. The predicted molar refractivity (Wildman–Crippen MR) is 39.8 cm³/mol. The molecule has 0 rings (SSSR count). The van der Waals surface area contributed by atoms with E-state index >= 15 is 0 Å². The lowest BCUT2D eigenvalue weighted by Gasteiger charge is -1.82. The monoisotopic (exact) mass is 174 g/mol. The summed E-state index contributed by atoms with van der Waals surface area (Å²) in [4.78, 5) is 9.65. The molecule has 0 aliphatic rings. The first-order valence-electron chi connectivity index (χ1n) is 1.15. The predicted octanol–water partition coefficient (Wildman–Crippen LogP) is 2.54. The molecule has 7 heavy (non-hydrogen) atoms. The minimum Gasteiger partial charge on any atom is -0.472 e. The van der Waals surface area contributed by atoms with Gasteiger partial charge in [-0.1, -0.05) is 11.7 Å². The zero-order valence-corrected chi connectivity index (χ0v) is 6.37. The first-order valence-corrected chi connectivity index (χ1v) is 5.68. The van der Waals surface area contributed by atoms with Gasteiger partial charge in [0.25, 0.3) is 0 Å². The standard InChI is InChI=1S/CH2O2S4/c2-1(3)5-7-6-4/h4H,(H,2,3). The van der Waals surface area contributed by atoms with Crippen molar-refractivity contribution < 1.29 is 9.90 Å². The maximum Gasteiger partial charge on any atom is 0.376 e. The van der Waals surface area contributed by atoms with Crippen LogP contribution in [0.2, 0.25) is 0 Å². The molecule has 0 aliphatic heterocycles. The summed E-state index contributed by atoms with van der Waals surface area (Å²) in [5.74, 6) is 0. The molecule has 0 aromatic heterocycles. The summed E-state index contributed by atoms with van der Waals surface area (Å²) in [5, 5.41) is 7.06. The largest absolute Gasteiger partial charge is 0.472 e. The van der Waals surface area contributed by atoms with Crippen LogP contribution in [0, 0.1) is 0 Å². The molecular weight excluding hydrogens is 172 g/mol. The van der Waals surface area contributed by atoms with Crippen LogP contribution in [-0.2, 0) is 0 Å². The van der Waals surface area contributed by atoms with Gasteiger partial charge in [0.15, 0.2) is 0 Å². The van der Waals surface area contributed by atoms with E-state index in [1.54, 1.807) is 0 Å². The lowest BCUT2D eigenvalue weighted by atomic mass is 11.6. The zero-order valence-electron chi connectivity index (χ0n) is 3.03. The molecule has 0 spiro atoms. The fourth-order valence-electron chi connectivity index (χ4n) is 0.0443. The Bertz CT molecular complexity index is 62.7. The molecule has 0 aromatic carbocycles. The molecule has 0 unspecified atom stereocenters. The van der Waals surface area contributed by atoms with Crippen LogP contribution in [0.25, 0.3) is 0 Å². The first kappa shape index (κ1) is 7.87. The maximum absolute atomic E-state index is 9.65. The Hall–Kier alpha value is 0.870. The molecule has 42 valence electrons. The normalized spacial score (nSPS) is 8.71. The van der Waals surface area contributed by atoms with E-state index in [1.165, 1.54) is 0 Å². The molecule has 0 saturated carbocycles. The highest BCUT2D eigenvalue weighted by atomic mass is 33.7. The molecule has 0 atom stereocenters. The van der Waals surface area contributed by atoms with Gasteiger partial charge in [-0.3, -0.25) is 0 Å². The van der Waals surface area contributed by atoms with E-state index in [9.17, 15) is 4.79 Å². The Balaban J connectivity index is 2.82. The smallest absolute Gasteiger partial charge is 0.376 e. The van der Waals surface area contributed by atoms with Crippen molar-refractivity contribution in [1.82, 2.24) is 0 Å². The van der Waals surface area contributed by atoms with Crippen LogP contribution in [-0.4, -0.2) is 10.4 Å². The number of carboxylic acid groups (broad SMARTS) is 1. The van der Waals surface area contributed by atoms with E-state index in [2.05, 4.69) is 11.7 Å². The third-order valence-corrected chi connectivity index (χ3v) is 4.02. The van der Waals surface area contributed by atoms with E-state index in [0.29, 0.717) is 0 Å². The summed E-state index contributed by atoms with van der Waals surface area (Å²) in [6.07, 6.45) is 0. The van der Waals surface area contributed by atoms with Crippen molar-refractivity contribution in [2.75, 3.05) is 0 Å². The van der Waals surface area contributed by atoms with Gasteiger partial charge in [-0.25, -0.2) is 4.79 Å². The number of thiol groups is 1. The number of hydrogen-bond donors (Lipinski definition) is 2. The zero-order chi connectivity index (χ0) is 5.70. The summed E-state index contributed by atoms with van der Waals surface area (Å²) in [7, 11) is 2.99. The molecule has 0 aromatic rings. The minimum atomic E-state index is -0.883. The van der Waals surface area contributed by atoms with Crippen LogP contribution >= 0.6 is 42.1 Å². The van der Waals surface area contributed by atoms with Crippen LogP contribution in [0.3, 0.4) is 0 Å². The molecule has 0 bridgehead atoms. The quantitative estimate of drug-likeness (QED) is 0.497. The second kappa shape index (κ2) is 5.02. The van der Waals surface area contributed by atoms with Gasteiger partial charge < -0.3 is 5.11 Å². The Morgan fingerprint density at radius 2 is 2.29 bits per heavy atom. The number of hydrogen-bond acceptors (Lipinski definition) is 5. The molecular formula is CH2O2S4. The molecule has 2 nitrogen and oxygen atoms in total. The van der Waals surface area contributed by atoms with Gasteiger partial charge >= 0.3 is 5.30 Å². The van der Waals surface area contributed by atoms with Crippen molar-refractivity contribution in [2.45, 2.75) is 0 Å². The van der Waals surface area contributed by atoms with Crippen LogP contribution in [0.4, 0.5) is 4.79 Å². The van der Waals surface area contributed by atoms with Gasteiger partial charge in [-0.05, 0) is 19.7 Å². The highest BCUT2D eigenvalue weighted by molar-refractivity contribution is 9.25. The van der Waals surface area contributed by atoms with Crippen molar-refractivity contribution in [3.8, 4) is 0 Å². The number of carbonyl (C=O) groups is 1. The molecule has 0 saturated heterocycles. The van der Waals surface area contributed by atoms with Gasteiger partial charge in [0, 0.05) is 10.8 Å². The molecule has 0 fully saturated rings.